The maximum absolute atomic E-state index is 12.8. The molecule has 65 heavy (non-hydrogen) atoms. The molecule has 0 aromatic rings. The Labute approximate surface area is 401 Å². The molecule has 0 amide bonds. The largest absolute Gasteiger partial charge is 0.462 e. The minimum atomic E-state index is -0.806. The van der Waals surface area contributed by atoms with Crippen LogP contribution in [-0.4, -0.2) is 37.2 Å². The van der Waals surface area contributed by atoms with E-state index >= 15 is 0 Å². The monoisotopic (exact) mass is 905 g/mol. The molecule has 0 aromatic carbocycles. The topological polar surface area (TPSA) is 78.9 Å². The van der Waals surface area contributed by atoms with Gasteiger partial charge in [-0.15, -0.1) is 0 Å². The van der Waals surface area contributed by atoms with Gasteiger partial charge in [-0.25, -0.2) is 0 Å². The van der Waals surface area contributed by atoms with Gasteiger partial charge in [-0.3, -0.25) is 14.4 Å². The Hall–Kier alpha value is -3.41. The van der Waals surface area contributed by atoms with E-state index in [0.717, 1.165) is 103 Å². The van der Waals surface area contributed by atoms with Crippen molar-refractivity contribution in [2.24, 2.45) is 0 Å². The van der Waals surface area contributed by atoms with E-state index in [1.165, 1.54) is 103 Å². The minimum Gasteiger partial charge on any atom is -0.462 e. The fraction of sp³-hybridized carbons (Fsp3) is 0.712. The van der Waals surface area contributed by atoms with Crippen LogP contribution in [0.15, 0.2) is 85.1 Å². The summed E-state index contributed by atoms with van der Waals surface area (Å²) < 4.78 is 16.8. The van der Waals surface area contributed by atoms with Crippen LogP contribution in [0.5, 0.6) is 0 Å². The fourth-order valence-corrected chi connectivity index (χ4v) is 7.21. The van der Waals surface area contributed by atoms with E-state index in [2.05, 4.69) is 106 Å². The van der Waals surface area contributed by atoms with Crippen LogP contribution in [0.4, 0.5) is 0 Å². The molecule has 0 aromatic heterocycles. The molecule has 1 atom stereocenters. The molecule has 0 radical (unpaired) electrons. The molecule has 372 valence electrons. The average Bonchev–Trinajstić information content (AvgIpc) is 3.30. The van der Waals surface area contributed by atoms with E-state index < -0.39 is 6.10 Å². The summed E-state index contributed by atoms with van der Waals surface area (Å²) in [5.74, 6) is -0.960. The van der Waals surface area contributed by atoms with Crippen LogP contribution in [0, 0.1) is 0 Å². The number of allylic oxidation sites excluding steroid dienone is 14. The molecule has 0 bridgehead atoms. The van der Waals surface area contributed by atoms with Gasteiger partial charge in [0.05, 0.1) is 0 Å². The summed E-state index contributed by atoms with van der Waals surface area (Å²) in [7, 11) is 0. The van der Waals surface area contributed by atoms with Gasteiger partial charge in [0, 0.05) is 19.3 Å². The van der Waals surface area contributed by atoms with Gasteiger partial charge in [-0.2, -0.15) is 0 Å². The van der Waals surface area contributed by atoms with Crippen LogP contribution in [-0.2, 0) is 28.6 Å². The number of carbonyl (C=O) groups excluding carboxylic acids is 3. The van der Waals surface area contributed by atoms with Gasteiger partial charge in [0.1, 0.15) is 13.2 Å². The summed E-state index contributed by atoms with van der Waals surface area (Å²) >= 11 is 0. The predicted octanol–water partition coefficient (Wildman–Crippen LogP) is 18.0. The molecule has 0 fully saturated rings. The Morgan fingerprint density at radius 3 is 0.892 bits per heavy atom. The number of rotatable bonds is 48. The van der Waals surface area contributed by atoms with E-state index in [4.69, 9.17) is 14.2 Å². The smallest absolute Gasteiger partial charge is 0.306 e. The third kappa shape index (κ3) is 51.4. The Kier molecular flexibility index (Phi) is 50.4. The standard InChI is InChI=1S/C59H100O6/c1-4-7-10-13-16-19-22-25-28-29-32-34-37-40-43-46-49-52-58(61)64-55-56(65-59(62)53-50-47-44-41-38-35-31-27-24-21-18-15-12-9-6-3)54-63-57(60)51-48-45-42-39-36-33-30-26-23-20-17-14-11-8-5-2/h16-21,25-28,30-31,38,41,56H,4-15,22-24,29,32-37,39-40,42-55H2,1-3H3/b19-16-,20-17-,21-18-,28-25-,30-26-,31-27-,41-38-/t56-/m1/s1. The third-order valence-electron chi connectivity index (χ3n) is 11.3. The molecular weight excluding hydrogens is 805 g/mol. The van der Waals surface area contributed by atoms with Crippen molar-refractivity contribution in [3.8, 4) is 0 Å². The van der Waals surface area contributed by atoms with Crippen molar-refractivity contribution >= 4 is 17.9 Å². The molecule has 0 saturated carbocycles. The summed E-state index contributed by atoms with van der Waals surface area (Å²) in [6.45, 7) is 6.51. The highest BCUT2D eigenvalue weighted by Crippen LogP contribution is 2.13. The lowest BCUT2D eigenvalue weighted by Crippen LogP contribution is -2.30. The van der Waals surface area contributed by atoms with Crippen molar-refractivity contribution in [1.82, 2.24) is 0 Å². The van der Waals surface area contributed by atoms with Crippen molar-refractivity contribution < 1.29 is 28.6 Å². The zero-order valence-corrected chi connectivity index (χ0v) is 42.5. The molecule has 0 aliphatic heterocycles. The number of hydrogen-bond acceptors (Lipinski definition) is 6. The van der Waals surface area contributed by atoms with Gasteiger partial charge in [-0.1, -0.05) is 196 Å². The minimum absolute atomic E-state index is 0.101. The maximum atomic E-state index is 12.8. The first-order valence-electron chi connectivity index (χ1n) is 27.1. The highest BCUT2D eigenvalue weighted by Gasteiger charge is 2.19. The summed E-state index contributed by atoms with van der Waals surface area (Å²) in [5, 5.41) is 0. The molecule has 6 heteroatoms. The molecular formula is C59H100O6. The van der Waals surface area contributed by atoms with E-state index in [1.54, 1.807) is 0 Å². The van der Waals surface area contributed by atoms with Crippen molar-refractivity contribution in [2.75, 3.05) is 13.2 Å². The second kappa shape index (κ2) is 53.2. The van der Waals surface area contributed by atoms with E-state index in [1.807, 2.05) is 0 Å². The second-order valence-electron chi connectivity index (χ2n) is 17.8. The zero-order valence-electron chi connectivity index (χ0n) is 42.5. The number of ether oxygens (including phenoxy) is 3. The van der Waals surface area contributed by atoms with Gasteiger partial charge in [0.2, 0.25) is 0 Å². The number of carbonyl (C=O) groups is 3. The van der Waals surface area contributed by atoms with Crippen LogP contribution < -0.4 is 0 Å². The zero-order chi connectivity index (χ0) is 47.2. The Morgan fingerprint density at radius 2 is 0.554 bits per heavy atom. The van der Waals surface area contributed by atoms with Crippen LogP contribution in [0.1, 0.15) is 252 Å². The third-order valence-corrected chi connectivity index (χ3v) is 11.3. The van der Waals surface area contributed by atoms with Crippen LogP contribution in [0.3, 0.4) is 0 Å². The predicted molar refractivity (Wildman–Crippen MR) is 279 cm³/mol. The summed E-state index contributed by atoms with van der Waals surface area (Å²) in [6, 6.07) is 0. The van der Waals surface area contributed by atoms with E-state index in [-0.39, 0.29) is 37.5 Å². The number of hydrogen-bond donors (Lipinski definition) is 0. The lowest BCUT2D eigenvalue weighted by atomic mass is 10.1. The van der Waals surface area contributed by atoms with Crippen LogP contribution in [0.25, 0.3) is 0 Å². The Bertz CT molecular complexity index is 1270. The Balaban J connectivity index is 4.48. The molecule has 0 saturated heterocycles. The van der Waals surface area contributed by atoms with Gasteiger partial charge in [0.25, 0.3) is 0 Å². The quantitative estimate of drug-likeness (QED) is 0.0262. The average molecular weight is 905 g/mol. The molecule has 0 unspecified atom stereocenters. The molecule has 0 spiro atoms. The molecule has 0 aliphatic carbocycles. The summed E-state index contributed by atoms with van der Waals surface area (Å²) in [6.07, 6.45) is 68.5. The summed E-state index contributed by atoms with van der Waals surface area (Å²) in [4.78, 5) is 38.0. The highest BCUT2D eigenvalue weighted by molar-refractivity contribution is 5.71. The van der Waals surface area contributed by atoms with Gasteiger partial charge < -0.3 is 14.2 Å². The number of esters is 3. The van der Waals surface area contributed by atoms with Crippen molar-refractivity contribution in [3.63, 3.8) is 0 Å². The number of unbranched alkanes of at least 4 members (excludes halogenated alkanes) is 23. The molecule has 0 rings (SSSR count). The second-order valence-corrected chi connectivity index (χ2v) is 17.8. The lowest BCUT2D eigenvalue weighted by Gasteiger charge is -2.18. The van der Waals surface area contributed by atoms with Crippen LogP contribution in [0.2, 0.25) is 0 Å². The maximum Gasteiger partial charge on any atom is 0.306 e. The van der Waals surface area contributed by atoms with Crippen molar-refractivity contribution in [3.05, 3.63) is 85.1 Å². The molecule has 0 heterocycles. The van der Waals surface area contributed by atoms with Crippen LogP contribution >= 0.6 is 0 Å². The first-order chi connectivity index (χ1) is 32.0. The fourth-order valence-electron chi connectivity index (χ4n) is 7.21. The van der Waals surface area contributed by atoms with Crippen molar-refractivity contribution in [2.45, 2.75) is 258 Å². The summed E-state index contributed by atoms with van der Waals surface area (Å²) in [5.41, 5.74) is 0. The molecule has 0 aliphatic rings. The van der Waals surface area contributed by atoms with Gasteiger partial charge in [-0.05, 0) is 122 Å². The first-order valence-corrected chi connectivity index (χ1v) is 27.1. The lowest BCUT2D eigenvalue weighted by molar-refractivity contribution is -0.167. The highest BCUT2D eigenvalue weighted by atomic mass is 16.6. The van der Waals surface area contributed by atoms with E-state index in [9.17, 15) is 14.4 Å². The molecule has 0 N–H and O–H groups in total. The SMILES string of the molecule is CCCCC/C=C\C/C=C\C/C=C\CCCCC(=O)O[C@H](COC(=O)CCCCCCC/C=C\C/C=C\CCCCC)COC(=O)CCCCCCCCC/C=C\C/C=C\CCCCC. The van der Waals surface area contributed by atoms with Gasteiger partial charge >= 0.3 is 17.9 Å². The normalized spacial score (nSPS) is 12.7. The van der Waals surface area contributed by atoms with Gasteiger partial charge in [0.15, 0.2) is 6.10 Å². The van der Waals surface area contributed by atoms with Crippen molar-refractivity contribution in [1.29, 1.82) is 0 Å². The van der Waals surface area contributed by atoms with E-state index in [0.29, 0.717) is 19.3 Å². The Morgan fingerprint density at radius 1 is 0.308 bits per heavy atom. The first kappa shape index (κ1) is 61.6. The molecule has 6 nitrogen and oxygen atoms in total.